The number of nitrogens with two attached hydrogens (primary N) is 1. The maximum atomic E-state index is 11.5. The van der Waals surface area contributed by atoms with Crippen LogP contribution in [-0.2, 0) is 0 Å². The summed E-state index contributed by atoms with van der Waals surface area (Å²) in [6.07, 6.45) is 2.06. The molecule has 0 aliphatic carbocycles. The summed E-state index contributed by atoms with van der Waals surface area (Å²) in [6.45, 7) is 1.93. The summed E-state index contributed by atoms with van der Waals surface area (Å²) in [4.78, 5) is 11.5. The summed E-state index contributed by atoms with van der Waals surface area (Å²) in [5, 5.41) is 8.41. The van der Waals surface area contributed by atoms with Crippen molar-refractivity contribution < 1.29 is 9.53 Å². The Morgan fingerprint density at radius 3 is 2.83 bits per heavy atom. The molecule has 2 N–H and O–H groups in total. The highest BCUT2D eigenvalue weighted by molar-refractivity contribution is 9.10. The molecule has 0 fully saturated rings. The van der Waals surface area contributed by atoms with Crippen molar-refractivity contribution in [1.29, 1.82) is 5.26 Å². The molecule has 0 atom stereocenters. The highest BCUT2D eigenvalue weighted by Gasteiger charge is 2.13. The third-order valence-corrected chi connectivity index (χ3v) is 2.85. The number of nitriles is 1. The van der Waals surface area contributed by atoms with Gasteiger partial charge in [-0.15, -0.1) is 0 Å². The Morgan fingerprint density at radius 2 is 2.22 bits per heavy atom. The maximum Gasteiger partial charge on any atom is 0.163 e. The van der Waals surface area contributed by atoms with E-state index in [1.54, 1.807) is 12.1 Å². The summed E-state index contributed by atoms with van der Waals surface area (Å²) in [6, 6.07) is 5.48. The number of ketones is 1. The Morgan fingerprint density at radius 1 is 1.50 bits per heavy atom. The Balaban J connectivity index is 2.75. The lowest BCUT2D eigenvalue weighted by Gasteiger charge is -2.12. The molecule has 0 aliphatic rings. The maximum absolute atomic E-state index is 11.5. The minimum absolute atomic E-state index is 0.0879. The second-order valence-corrected chi connectivity index (χ2v) is 4.81. The predicted octanol–water partition coefficient (Wildman–Crippen LogP) is 3.31. The fraction of sp³-hybridized carbons (Fsp3) is 0.385. The molecule has 0 heterocycles. The number of anilines is 1. The Labute approximate surface area is 115 Å². The molecule has 1 aromatic rings. The number of nitrogens with zero attached hydrogens (tertiary/aromatic N) is 1. The van der Waals surface area contributed by atoms with Crippen LogP contribution in [0.15, 0.2) is 16.6 Å². The predicted molar refractivity (Wildman–Crippen MR) is 73.5 cm³/mol. The minimum atomic E-state index is -0.0879. The van der Waals surface area contributed by atoms with Crippen LogP contribution in [0.3, 0.4) is 0 Å². The first-order valence-electron chi connectivity index (χ1n) is 5.66. The molecule has 0 saturated heterocycles. The molecule has 0 amide bonds. The zero-order chi connectivity index (χ0) is 13.5. The van der Waals surface area contributed by atoms with E-state index >= 15 is 0 Å². The van der Waals surface area contributed by atoms with Crippen LogP contribution >= 0.6 is 15.9 Å². The molecule has 0 aliphatic heterocycles. The minimum Gasteiger partial charge on any atom is -0.491 e. The van der Waals surface area contributed by atoms with Gasteiger partial charge >= 0.3 is 0 Å². The summed E-state index contributed by atoms with van der Waals surface area (Å²) in [7, 11) is 0. The van der Waals surface area contributed by atoms with E-state index < -0.39 is 0 Å². The lowest BCUT2D eigenvalue weighted by molar-refractivity contribution is 0.101. The normalized spacial score (nSPS) is 9.83. The molecule has 1 aromatic carbocycles. The monoisotopic (exact) mass is 310 g/mol. The van der Waals surface area contributed by atoms with Gasteiger partial charge < -0.3 is 10.5 Å². The van der Waals surface area contributed by atoms with Crippen molar-refractivity contribution in [1.82, 2.24) is 0 Å². The molecule has 4 nitrogen and oxygen atoms in total. The van der Waals surface area contributed by atoms with Gasteiger partial charge in [0.05, 0.1) is 23.9 Å². The number of ether oxygens (including phenoxy) is 1. The number of hydrogen-bond donors (Lipinski definition) is 1. The van der Waals surface area contributed by atoms with Crippen LogP contribution < -0.4 is 10.5 Å². The largest absolute Gasteiger partial charge is 0.491 e. The van der Waals surface area contributed by atoms with E-state index in [1.165, 1.54) is 6.92 Å². The molecule has 18 heavy (non-hydrogen) atoms. The van der Waals surface area contributed by atoms with Crippen molar-refractivity contribution in [3.63, 3.8) is 0 Å². The van der Waals surface area contributed by atoms with E-state index in [2.05, 4.69) is 22.0 Å². The number of carbonyl (C=O) groups is 1. The second kappa shape index (κ2) is 7.02. The van der Waals surface area contributed by atoms with E-state index in [-0.39, 0.29) is 5.78 Å². The van der Waals surface area contributed by atoms with Gasteiger partial charge in [0.15, 0.2) is 11.5 Å². The number of carbonyl (C=O) groups excluding carboxylic acids is 1. The summed E-state index contributed by atoms with van der Waals surface area (Å²) in [5.41, 5.74) is 6.76. The third kappa shape index (κ3) is 4.04. The molecule has 0 aromatic heterocycles. The zero-order valence-corrected chi connectivity index (χ0v) is 11.8. The standard InChI is InChI=1S/C13H15BrN2O2/c1-9(17)11-7-10(14)8-12(16)13(11)18-6-4-2-3-5-15/h7-8H,2-4,6,16H2,1H3. The van der Waals surface area contributed by atoms with Crippen LogP contribution in [0.2, 0.25) is 0 Å². The quantitative estimate of drug-likeness (QED) is 0.497. The number of hydrogen-bond acceptors (Lipinski definition) is 4. The van der Waals surface area contributed by atoms with Gasteiger partial charge in [-0.05, 0) is 31.9 Å². The van der Waals surface area contributed by atoms with Crippen molar-refractivity contribution in [3.8, 4) is 11.8 Å². The van der Waals surface area contributed by atoms with Crippen molar-refractivity contribution in [2.45, 2.75) is 26.2 Å². The highest BCUT2D eigenvalue weighted by Crippen LogP contribution is 2.31. The summed E-state index contributed by atoms with van der Waals surface area (Å²) in [5.74, 6) is 0.345. The SMILES string of the molecule is CC(=O)c1cc(Br)cc(N)c1OCCCCC#N. The highest BCUT2D eigenvalue weighted by atomic mass is 79.9. The van der Waals surface area contributed by atoms with Crippen molar-refractivity contribution in [3.05, 3.63) is 22.2 Å². The Kier molecular flexibility index (Phi) is 5.66. The van der Waals surface area contributed by atoms with Crippen LogP contribution in [0.25, 0.3) is 0 Å². The number of benzene rings is 1. The molecule has 5 heteroatoms. The lowest BCUT2D eigenvalue weighted by Crippen LogP contribution is -2.06. The summed E-state index contributed by atoms with van der Waals surface area (Å²) >= 11 is 3.29. The molecule has 0 spiro atoms. The van der Waals surface area contributed by atoms with E-state index in [4.69, 9.17) is 15.7 Å². The Bertz CT molecular complexity index is 481. The topological polar surface area (TPSA) is 76.1 Å². The van der Waals surface area contributed by atoms with Gasteiger partial charge in [-0.25, -0.2) is 0 Å². The van der Waals surface area contributed by atoms with Gasteiger partial charge in [0.1, 0.15) is 0 Å². The van der Waals surface area contributed by atoms with Gasteiger partial charge in [0.25, 0.3) is 0 Å². The van der Waals surface area contributed by atoms with Crippen LogP contribution in [0, 0.1) is 11.3 Å². The fourth-order valence-corrected chi connectivity index (χ4v) is 1.99. The van der Waals surface area contributed by atoms with Gasteiger partial charge in [-0.2, -0.15) is 5.26 Å². The molecule has 0 bridgehead atoms. The molecule has 1 rings (SSSR count). The first kappa shape index (κ1) is 14.5. The average Bonchev–Trinajstić information content (AvgIpc) is 2.30. The van der Waals surface area contributed by atoms with Crippen LogP contribution in [-0.4, -0.2) is 12.4 Å². The van der Waals surface area contributed by atoms with E-state index in [0.29, 0.717) is 30.0 Å². The molecule has 0 radical (unpaired) electrons. The first-order valence-corrected chi connectivity index (χ1v) is 6.45. The molecule has 0 saturated carbocycles. The molecular formula is C13H15BrN2O2. The van der Waals surface area contributed by atoms with E-state index in [1.807, 2.05) is 0 Å². The van der Waals surface area contributed by atoms with Gasteiger partial charge in [-0.1, -0.05) is 15.9 Å². The van der Waals surface area contributed by atoms with Gasteiger partial charge in [0.2, 0.25) is 0 Å². The second-order valence-electron chi connectivity index (χ2n) is 3.89. The van der Waals surface area contributed by atoms with Crippen LogP contribution in [0.1, 0.15) is 36.5 Å². The number of unbranched alkanes of at least 4 members (excludes halogenated alkanes) is 2. The lowest BCUT2D eigenvalue weighted by atomic mass is 10.1. The number of nitrogen functional groups attached to an aromatic ring is 1. The van der Waals surface area contributed by atoms with Crippen molar-refractivity contribution >= 4 is 27.4 Å². The van der Waals surface area contributed by atoms with E-state index in [0.717, 1.165) is 17.3 Å². The third-order valence-electron chi connectivity index (χ3n) is 2.39. The van der Waals surface area contributed by atoms with Gasteiger partial charge in [-0.3, -0.25) is 4.79 Å². The number of halogens is 1. The Hall–Kier alpha value is -1.54. The molecule has 96 valence electrons. The molecular weight excluding hydrogens is 296 g/mol. The summed E-state index contributed by atoms with van der Waals surface area (Å²) < 4.78 is 6.31. The van der Waals surface area contributed by atoms with Gasteiger partial charge in [0, 0.05) is 10.9 Å². The zero-order valence-electron chi connectivity index (χ0n) is 10.2. The average molecular weight is 311 g/mol. The number of rotatable bonds is 6. The number of Topliss-reactive ketones (excluding diaryl/α,β-unsaturated/α-hetero) is 1. The van der Waals surface area contributed by atoms with Crippen molar-refractivity contribution in [2.24, 2.45) is 0 Å². The molecule has 0 unspecified atom stereocenters. The fourth-order valence-electron chi connectivity index (χ4n) is 1.52. The smallest absolute Gasteiger partial charge is 0.163 e. The first-order chi connectivity index (χ1) is 8.56. The van der Waals surface area contributed by atoms with Crippen molar-refractivity contribution in [2.75, 3.05) is 12.3 Å². The van der Waals surface area contributed by atoms with E-state index in [9.17, 15) is 4.79 Å². The van der Waals surface area contributed by atoms with Crippen LogP contribution in [0.5, 0.6) is 5.75 Å². The van der Waals surface area contributed by atoms with Crippen LogP contribution in [0.4, 0.5) is 5.69 Å².